The van der Waals surface area contributed by atoms with Crippen molar-refractivity contribution in [2.45, 2.75) is 20.3 Å². The van der Waals surface area contributed by atoms with Crippen LogP contribution in [0.3, 0.4) is 0 Å². The van der Waals surface area contributed by atoms with Gasteiger partial charge in [-0.05, 0) is 36.6 Å². The first-order valence-electron chi connectivity index (χ1n) is 6.63. The van der Waals surface area contributed by atoms with Crippen LogP contribution in [-0.2, 0) is 6.42 Å². The summed E-state index contributed by atoms with van der Waals surface area (Å²) in [5.74, 6) is 2.16. The summed E-state index contributed by atoms with van der Waals surface area (Å²) in [6.45, 7) is 4.13. The molecule has 0 aliphatic carbocycles. The average Bonchev–Trinajstić information content (AvgIpc) is 2.49. The number of nitrogens with zero attached hydrogens (tertiary/aromatic N) is 1. The first kappa shape index (κ1) is 14.2. The van der Waals surface area contributed by atoms with Crippen LogP contribution >= 0.6 is 0 Å². The minimum absolute atomic E-state index is 0.587. The number of aryl methyl sites for hydroxylation is 2. The lowest BCUT2D eigenvalue weighted by molar-refractivity contribution is 0.398. The molecular formula is C16H20N2O2. The van der Waals surface area contributed by atoms with Crippen LogP contribution in [0.5, 0.6) is 11.6 Å². The van der Waals surface area contributed by atoms with Crippen LogP contribution in [0.2, 0.25) is 0 Å². The smallest absolute Gasteiger partial charge is 0.214 e. The molecule has 0 aliphatic heterocycles. The van der Waals surface area contributed by atoms with E-state index in [2.05, 4.69) is 29.4 Å². The third-order valence-electron chi connectivity index (χ3n) is 3.21. The van der Waals surface area contributed by atoms with E-state index in [4.69, 9.17) is 9.47 Å². The van der Waals surface area contributed by atoms with Crippen molar-refractivity contribution < 1.29 is 9.47 Å². The second-order valence-corrected chi connectivity index (χ2v) is 4.53. The molecule has 20 heavy (non-hydrogen) atoms. The van der Waals surface area contributed by atoms with E-state index in [0.29, 0.717) is 5.88 Å². The van der Waals surface area contributed by atoms with Crippen molar-refractivity contribution in [2.24, 2.45) is 0 Å². The van der Waals surface area contributed by atoms with Crippen molar-refractivity contribution in [3.63, 3.8) is 0 Å². The van der Waals surface area contributed by atoms with E-state index in [1.54, 1.807) is 14.2 Å². The third-order valence-corrected chi connectivity index (χ3v) is 3.21. The number of aromatic nitrogens is 1. The highest BCUT2D eigenvalue weighted by molar-refractivity contribution is 5.67. The second-order valence-electron chi connectivity index (χ2n) is 4.53. The van der Waals surface area contributed by atoms with Crippen LogP contribution in [0.15, 0.2) is 30.3 Å². The van der Waals surface area contributed by atoms with Crippen LogP contribution in [0.1, 0.15) is 18.1 Å². The van der Waals surface area contributed by atoms with Gasteiger partial charge in [-0.25, -0.2) is 0 Å². The quantitative estimate of drug-likeness (QED) is 0.901. The van der Waals surface area contributed by atoms with Gasteiger partial charge in [0.2, 0.25) is 5.88 Å². The number of pyridine rings is 1. The lowest BCUT2D eigenvalue weighted by Gasteiger charge is -2.14. The molecule has 0 saturated heterocycles. The number of anilines is 2. The number of ether oxygens (including phenoxy) is 2. The van der Waals surface area contributed by atoms with E-state index in [1.165, 1.54) is 5.56 Å². The number of hydrogen-bond acceptors (Lipinski definition) is 4. The number of hydrogen-bond donors (Lipinski definition) is 1. The van der Waals surface area contributed by atoms with Gasteiger partial charge in [-0.2, -0.15) is 4.98 Å². The lowest BCUT2D eigenvalue weighted by atomic mass is 10.1. The minimum atomic E-state index is 0.587. The Kier molecular flexibility index (Phi) is 4.45. The molecule has 0 bridgehead atoms. The summed E-state index contributed by atoms with van der Waals surface area (Å²) in [5, 5.41) is 3.33. The molecule has 1 N–H and O–H groups in total. The molecule has 0 fully saturated rings. The van der Waals surface area contributed by atoms with Crippen LogP contribution in [0.25, 0.3) is 0 Å². The maximum Gasteiger partial charge on any atom is 0.214 e. The summed E-state index contributed by atoms with van der Waals surface area (Å²) in [4.78, 5) is 4.43. The zero-order chi connectivity index (χ0) is 14.5. The summed E-state index contributed by atoms with van der Waals surface area (Å²) < 4.78 is 10.6. The van der Waals surface area contributed by atoms with E-state index < -0.39 is 0 Å². The Hall–Kier alpha value is -2.23. The molecule has 2 aromatic rings. The summed E-state index contributed by atoms with van der Waals surface area (Å²) in [6, 6.07) is 9.94. The van der Waals surface area contributed by atoms with Crippen molar-refractivity contribution in [3.8, 4) is 11.6 Å². The van der Waals surface area contributed by atoms with Gasteiger partial charge in [-0.3, -0.25) is 0 Å². The van der Waals surface area contributed by atoms with E-state index in [1.807, 2.05) is 25.1 Å². The predicted molar refractivity (Wildman–Crippen MR) is 81.2 cm³/mol. The Morgan fingerprint density at radius 1 is 1.10 bits per heavy atom. The zero-order valence-electron chi connectivity index (χ0n) is 12.4. The molecule has 0 aliphatic rings. The SMILES string of the molecule is CCc1ccc(OC)c(Nc2nc(OC)ccc2C)c1. The normalized spacial score (nSPS) is 10.2. The first-order chi connectivity index (χ1) is 9.67. The summed E-state index contributed by atoms with van der Waals surface area (Å²) in [5.41, 5.74) is 3.21. The Labute approximate surface area is 119 Å². The summed E-state index contributed by atoms with van der Waals surface area (Å²) in [7, 11) is 3.28. The van der Waals surface area contributed by atoms with Gasteiger partial charge in [0, 0.05) is 6.07 Å². The Bertz CT molecular complexity index is 597. The number of nitrogens with one attached hydrogen (secondary N) is 1. The summed E-state index contributed by atoms with van der Waals surface area (Å²) >= 11 is 0. The molecule has 106 valence electrons. The van der Waals surface area contributed by atoms with Gasteiger partial charge in [-0.15, -0.1) is 0 Å². The Morgan fingerprint density at radius 3 is 2.55 bits per heavy atom. The molecule has 0 spiro atoms. The molecule has 0 radical (unpaired) electrons. The number of methoxy groups -OCH3 is 2. The highest BCUT2D eigenvalue weighted by Crippen LogP contribution is 2.30. The Morgan fingerprint density at radius 2 is 1.90 bits per heavy atom. The van der Waals surface area contributed by atoms with E-state index in [9.17, 15) is 0 Å². The van der Waals surface area contributed by atoms with Crippen LogP contribution in [0.4, 0.5) is 11.5 Å². The van der Waals surface area contributed by atoms with Crippen molar-refractivity contribution in [2.75, 3.05) is 19.5 Å². The summed E-state index contributed by atoms with van der Waals surface area (Å²) in [6.07, 6.45) is 0.975. The van der Waals surface area contributed by atoms with E-state index in [0.717, 1.165) is 29.2 Å². The predicted octanol–water partition coefficient (Wildman–Crippen LogP) is 3.71. The lowest BCUT2D eigenvalue weighted by Crippen LogP contribution is -2.01. The minimum Gasteiger partial charge on any atom is -0.495 e. The standard InChI is InChI=1S/C16H20N2O2/c1-5-12-7-8-14(19-3)13(10-12)17-16-11(2)6-9-15(18-16)20-4/h6-10H,5H2,1-4H3,(H,17,18). The highest BCUT2D eigenvalue weighted by Gasteiger charge is 2.08. The van der Waals surface area contributed by atoms with Gasteiger partial charge < -0.3 is 14.8 Å². The maximum absolute atomic E-state index is 5.39. The van der Waals surface area contributed by atoms with Gasteiger partial charge in [-0.1, -0.05) is 19.1 Å². The van der Waals surface area contributed by atoms with E-state index in [-0.39, 0.29) is 0 Å². The monoisotopic (exact) mass is 272 g/mol. The van der Waals surface area contributed by atoms with Crippen molar-refractivity contribution in [1.29, 1.82) is 0 Å². The van der Waals surface area contributed by atoms with Crippen molar-refractivity contribution in [3.05, 3.63) is 41.5 Å². The van der Waals surface area contributed by atoms with Crippen LogP contribution < -0.4 is 14.8 Å². The van der Waals surface area contributed by atoms with E-state index >= 15 is 0 Å². The topological polar surface area (TPSA) is 43.4 Å². The first-order valence-corrected chi connectivity index (χ1v) is 6.63. The zero-order valence-corrected chi connectivity index (χ0v) is 12.4. The van der Waals surface area contributed by atoms with Gasteiger partial charge in [0.1, 0.15) is 11.6 Å². The fraction of sp³-hybridized carbons (Fsp3) is 0.312. The van der Waals surface area contributed by atoms with Crippen molar-refractivity contribution in [1.82, 2.24) is 4.98 Å². The third kappa shape index (κ3) is 3.02. The van der Waals surface area contributed by atoms with Crippen LogP contribution in [-0.4, -0.2) is 19.2 Å². The molecule has 4 nitrogen and oxygen atoms in total. The van der Waals surface area contributed by atoms with Crippen molar-refractivity contribution >= 4 is 11.5 Å². The number of rotatable bonds is 5. The molecule has 0 atom stereocenters. The molecule has 0 saturated carbocycles. The largest absolute Gasteiger partial charge is 0.495 e. The highest BCUT2D eigenvalue weighted by atomic mass is 16.5. The van der Waals surface area contributed by atoms with Gasteiger partial charge in [0.05, 0.1) is 19.9 Å². The molecule has 4 heteroatoms. The average molecular weight is 272 g/mol. The van der Waals surface area contributed by atoms with Gasteiger partial charge in [0.15, 0.2) is 0 Å². The van der Waals surface area contributed by atoms with Gasteiger partial charge in [0.25, 0.3) is 0 Å². The molecule has 2 rings (SSSR count). The molecule has 0 unspecified atom stereocenters. The molecular weight excluding hydrogens is 252 g/mol. The number of benzene rings is 1. The molecule has 1 aromatic heterocycles. The van der Waals surface area contributed by atoms with Gasteiger partial charge >= 0.3 is 0 Å². The maximum atomic E-state index is 5.39. The molecule has 1 aromatic carbocycles. The fourth-order valence-corrected chi connectivity index (χ4v) is 1.95. The van der Waals surface area contributed by atoms with Crippen LogP contribution in [0, 0.1) is 6.92 Å². The fourth-order valence-electron chi connectivity index (χ4n) is 1.95. The molecule has 0 amide bonds. The Balaban J connectivity index is 2.38. The second kappa shape index (κ2) is 6.28. The molecule has 1 heterocycles.